The van der Waals surface area contributed by atoms with Gasteiger partial charge in [0.1, 0.15) is 5.75 Å². The number of hydrogen-bond acceptors (Lipinski definition) is 2. The van der Waals surface area contributed by atoms with Crippen molar-refractivity contribution in [2.45, 2.75) is 33.6 Å². The lowest BCUT2D eigenvalue weighted by Gasteiger charge is -2.13. The van der Waals surface area contributed by atoms with E-state index in [2.05, 4.69) is 57.0 Å². The van der Waals surface area contributed by atoms with E-state index >= 15 is 0 Å². The highest BCUT2D eigenvalue weighted by Crippen LogP contribution is 2.14. The maximum absolute atomic E-state index is 5.67. The summed E-state index contributed by atoms with van der Waals surface area (Å²) in [5.74, 6) is 1.56. The van der Waals surface area contributed by atoms with Gasteiger partial charge in [0.2, 0.25) is 0 Å². The maximum Gasteiger partial charge on any atom is 0.119 e. The summed E-state index contributed by atoms with van der Waals surface area (Å²) in [7, 11) is 2.17. The largest absolute Gasteiger partial charge is 0.493 e. The van der Waals surface area contributed by atoms with Gasteiger partial charge in [-0.2, -0.15) is 0 Å². The molecule has 0 amide bonds. The fourth-order valence-corrected chi connectivity index (χ4v) is 1.73. The number of nitrogens with zero attached hydrogens (tertiary/aromatic N) is 1. The molecule has 0 unspecified atom stereocenters. The molecule has 1 aromatic rings. The van der Waals surface area contributed by atoms with Crippen molar-refractivity contribution < 1.29 is 4.74 Å². The van der Waals surface area contributed by atoms with Crippen LogP contribution >= 0.6 is 0 Å². The lowest BCUT2D eigenvalue weighted by atomic mass is 10.1. The topological polar surface area (TPSA) is 12.5 Å². The number of rotatable bonds is 8. The van der Waals surface area contributed by atoms with Crippen LogP contribution in [0.1, 0.15) is 32.8 Å². The zero-order chi connectivity index (χ0) is 13.4. The molecule has 2 heteroatoms. The number of ether oxygens (including phenoxy) is 1. The SMILES string of the molecule is CCN(C)CCCc1ccc(OCC(C)C)cc1. The molecule has 0 radical (unpaired) electrons. The fourth-order valence-electron chi connectivity index (χ4n) is 1.73. The van der Waals surface area contributed by atoms with Crippen molar-refractivity contribution in [1.29, 1.82) is 0 Å². The van der Waals surface area contributed by atoms with Crippen molar-refractivity contribution in [2.75, 3.05) is 26.7 Å². The van der Waals surface area contributed by atoms with Gasteiger partial charge in [0, 0.05) is 0 Å². The van der Waals surface area contributed by atoms with Gasteiger partial charge in [-0.05, 0) is 56.6 Å². The van der Waals surface area contributed by atoms with Gasteiger partial charge in [-0.3, -0.25) is 0 Å². The van der Waals surface area contributed by atoms with Gasteiger partial charge in [-0.15, -0.1) is 0 Å². The molecule has 0 saturated carbocycles. The van der Waals surface area contributed by atoms with E-state index in [-0.39, 0.29) is 0 Å². The zero-order valence-corrected chi connectivity index (χ0v) is 12.3. The summed E-state index contributed by atoms with van der Waals surface area (Å²) in [6.45, 7) is 9.61. The smallest absolute Gasteiger partial charge is 0.119 e. The Morgan fingerprint density at radius 2 is 1.83 bits per heavy atom. The maximum atomic E-state index is 5.67. The molecule has 0 atom stereocenters. The molecule has 0 N–H and O–H groups in total. The van der Waals surface area contributed by atoms with Crippen LogP contribution in [0.3, 0.4) is 0 Å². The molecule has 1 rings (SSSR count). The van der Waals surface area contributed by atoms with Gasteiger partial charge in [-0.1, -0.05) is 32.9 Å². The van der Waals surface area contributed by atoms with Crippen molar-refractivity contribution in [1.82, 2.24) is 4.90 Å². The monoisotopic (exact) mass is 249 g/mol. The van der Waals surface area contributed by atoms with E-state index in [0.29, 0.717) is 5.92 Å². The van der Waals surface area contributed by atoms with Crippen molar-refractivity contribution in [2.24, 2.45) is 5.92 Å². The Labute approximate surface area is 112 Å². The average Bonchev–Trinajstić information content (AvgIpc) is 2.37. The molecule has 18 heavy (non-hydrogen) atoms. The van der Waals surface area contributed by atoms with Gasteiger partial charge in [0.25, 0.3) is 0 Å². The molecule has 0 heterocycles. The number of hydrogen-bond donors (Lipinski definition) is 0. The predicted octanol–water partition coefficient (Wildman–Crippen LogP) is 3.61. The quantitative estimate of drug-likeness (QED) is 0.698. The summed E-state index contributed by atoms with van der Waals surface area (Å²) in [5, 5.41) is 0. The summed E-state index contributed by atoms with van der Waals surface area (Å²) in [6, 6.07) is 8.53. The van der Waals surface area contributed by atoms with Crippen LogP contribution in [0.25, 0.3) is 0 Å². The van der Waals surface area contributed by atoms with Crippen LogP contribution in [-0.4, -0.2) is 31.6 Å². The molecule has 102 valence electrons. The minimum atomic E-state index is 0.578. The van der Waals surface area contributed by atoms with Crippen molar-refractivity contribution in [3.05, 3.63) is 29.8 Å². The normalized spacial score (nSPS) is 11.2. The lowest BCUT2D eigenvalue weighted by molar-refractivity contribution is 0.271. The molecule has 0 saturated heterocycles. The van der Waals surface area contributed by atoms with Crippen LogP contribution in [0.5, 0.6) is 5.75 Å². The van der Waals surface area contributed by atoms with Gasteiger partial charge in [0.15, 0.2) is 0 Å². The molecule has 0 aliphatic carbocycles. The second kappa shape index (κ2) is 8.15. The molecular weight excluding hydrogens is 222 g/mol. The Morgan fingerprint density at radius 1 is 1.17 bits per heavy atom. The fraction of sp³-hybridized carbons (Fsp3) is 0.625. The first kappa shape index (κ1) is 15.0. The van der Waals surface area contributed by atoms with Crippen LogP contribution < -0.4 is 4.74 Å². The molecule has 2 nitrogen and oxygen atoms in total. The molecule has 0 bridgehead atoms. The predicted molar refractivity (Wildman–Crippen MR) is 78.3 cm³/mol. The first-order valence-corrected chi connectivity index (χ1v) is 7.02. The minimum absolute atomic E-state index is 0.578. The Morgan fingerprint density at radius 3 is 2.39 bits per heavy atom. The second-order valence-electron chi connectivity index (χ2n) is 5.35. The van der Waals surface area contributed by atoms with Crippen molar-refractivity contribution in [3.8, 4) is 5.75 Å². The molecular formula is C16H27NO. The zero-order valence-electron chi connectivity index (χ0n) is 12.3. The Kier molecular flexibility index (Phi) is 6.81. The van der Waals surface area contributed by atoms with Crippen molar-refractivity contribution >= 4 is 0 Å². The third kappa shape index (κ3) is 6.06. The lowest BCUT2D eigenvalue weighted by Crippen LogP contribution is -2.19. The standard InChI is InChI=1S/C16H27NO/c1-5-17(4)12-6-7-15-8-10-16(11-9-15)18-13-14(2)3/h8-11,14H,5-7,12-13H2,1-4H3. The van der Waals surface area contributed by atoms with Gasteiger partial charge in [0.05, 0.1) is 6.61 Å². The first-order valence-electron chi connectivity index (χ1n) is 7.02. The molecule has 0 aliphatic heterocycles. The van der Waals surface area contributed by atoms with Gasteiger partial charge in [-0.25, -0.2) is 0 Å². The molecule has 0 aromatic heterocycles. The highest BCUT2D eigenvalue weighted by molar-refractivity contribution is 5.27. The summed E-state index contributed by atoms with van der Waals surface area (Å²) in [4.78, 5) is 2.35. The van der Waals surface area contributed by atoms with Gasteiger partial charge >= 0.3 is 0 Å². The van der Waals surface area contributed by atoms with Crippen LogP contribution in [-0.2, 0) is 6.42 Å². The van der Waals surface area contributed by atoms with Crippen LogP contribution in [0.4, 0.5) is 0 Å². The van der Waals surface area contributed by atoms with E-state index in [1.807, 2.05) is 0 Å². The van der Waals surface area contributed by atoms with Crippen molar-refractivity contribution in [3.63, 3.8) is 0 Å². The van der Waals surface area contributed by atoms with Gasteiger partial charge < -0.3 is 9.64 Å². The molecule has 1 aromatic carbocycles. The third-order valence-corrected chi connectivity index (χ3v) is 3.05. The van der Waals surface area contributed by atoms with E-state index in [9.17, 15) is 0 Å². The summed E-state index contributed by atoms with van der Waals surface area (Å²) in [5.41, 5.74) is 1.40. The molecule has 0 fully saturated rings. The molecule has 0 aliphatic rings. The minimum Gasteiger partial charge on any atom is -0.493 e. The summed E-state index contributed by atoms with van der Waals surface area (Å²) in [6.07, 6.45) is 2.37. The van der Waals surface area contributed by atoms with Crippen LogP contribution in [0.15, 0.2) is 24.3 Å². The first-order chi connectivity index (χ1) is 8.61. The Balaban J connectivity index is 2.31. The highest BCUT2D eigenvalue weighted by Gasteiger charge is 1.99. The van der Waals surface area contributed by atoms with E-state index in [0.717, 1.165) is 25.3 Å². The van der Waals surface area contributed by atoms with E-state index in [4.69, 9.17) is 4.74 Å². The summed E-state index contributed by atoms with van der Waals surface area (Å²) >= 11 is 0. The molecule has 0 spiro atoms. The van der Waals surface area contributed by atoms with E-state index in [1.165, 1.54) is 18.5 Å². The Hall–Kier alpha value is -1.02. The third-order valence-electron chi connectivity index (χ3n) is 3.05. The van der Waals surface area contributed by atoms with Crippen LogP contribution in [0, 0.1) is 5.92 Å². The summed E-state index contributed by atoms with van der Waals surface area (Å²) < 4.78 is 5.67. The van der Waals surface area contributed by atoms with E-state index < -0.39 is 0 Å². The number of aryl methyl sites for hydroxylation is 1. The Bertz CT molecular complexity index is 318. The van der Waals surface area contributed by atoms with Crippen LogP contribution in [0.2, 0.25) is 0 Å². The highest BCUT2D eigenvalue weighted by atomic mass is 16.5. The average molecular weight is 249 g/mol. The second-order valence-corrected chi connectivity index (χ2v) is 5.35. The van der Waals surface area contributed by atoms with E-state index in [1.54, 1.807) is 0 Å². The number of benzene rings is 1.